The number of fused-ring (bicyclic) bond motifs is 1. The second-order valence-corrected chi connectivity index (χ2v) is 11.3. The molecule has 0 radical (unpaired) electrons. The summed E-state index contributed by atoms with van der Waals surface area (Å²) in [5.74, 6) is 0.986. The minimum absolute atomic E-state index is 0.118. The molecule has 3 fully saturated rings. The average Bonchev–Trinajstić information content (AvgIpc) is 3.30. The van der Waals surface area contributed by atoms with E-state index in [0.717, 1.165) is 37.7 Å². The Balaban J connectivity index is 1.43. The van der Waals surface area contributed by atoms with Gasteiger partial charge in [0.15, 0.2) is 0 Å². The second kappa shape index (κ2) is 10.1. The molecular weight excluding hydrogens is 412 g/mol. The van der Waals surface area contributed by atoms with Crippen molar-refractivity contribution in [3.8, 4) is 0 Å². The summed E-state index contributed by atoms with van der Waals surface area (Å²) in [7, 11) is 0. The van der Waals surface area contributed by atoms with Crippen molar-refractivity contribution in [1.82, 2.24) is 0 Å². The third-order valence-corrected chi connectivity index (χ3v) is 7.73. The maximum Gasteiger partial charge on any atom is 0.338 e. The van der Waals surface area contributed by atoms with Gasteiger partial charge in [0.05, 0.1) is 17.8 Å². The van der Waals surface area contributed by atoms with E-state index in [4.69, 9.17) is 4.74 Å². The van der Waals surface area contributed by atoms with Crippen molar-refractivity contribution in [1.29, 1.82) is 0 Å². The molecule has 180 valence electrons. The van der Waals surface area contributed by atoms with Crippen molar-refractivity contribution in [2.24, 2.45) is 23.7 Å². The Hall–Kier alpha value is -1.91. The van der Waals surface area contributed by atoms with Gasteiger partial charge in [0.2, 0.25) is 0 Å². The Bertz CT molecular complexity index is 887. The van der Waals surface area contributed by atoms with Crippen LogP contribution in [-0.2, 0) is 4.74 Å². The van der Waals surface area contributed by atoms with Gasteiger partial charge in [-0.25, -0.2) is 4.79 Å². The summed E-state index contributed by atoms with van der Waals surface area (Å²) >= 11 is 0. The smallest absolute Gasteiger partial charge is 0.338 e. The van der Waals surface area contributed by atoms with E-state index in [1.807, 2.05) is 45.0 Å². The molecule has 0 spiro atoms. The van der Waals surface area contributed by atoms with Crippen molar-refractivity contribution in [3.63, 3.8) is 0 Å². The molecule has 0 unspecified atom stereocenters. The summed E-state index contributed by atoms with van der Waals surface area (Å²) in [5.41, 5.74) is 2.43. The molecule has 4 nitrogen and oxygen atoms in total. The van der Waals surface area contributed by atoms with E-state index in [9.17, 15) is 15.0 Å². The summed E-state index contributed by atoms with van der Waals surface area (Å²) in [6.45, 7) is 5.62. The van der Waals surface area contributed by atoms with Crippen molar-refractivity contribution in [3.05, 3.63) is 53.1 Å². The minimum Gasteiger partial charge on any atom is -0.456 e. The Kier molecular flexibility index (Phi) is 7.45. The van der Waals surface area contributed by atoms with Crippen LogP contribution in [0.5, 0.6) is 0 Å². The number of carbonyl (C=O) groups excluding carboxylic acids is 1. The lowest BCUT2D eigenvalue weighted by Crippen LogP contribution is -2.23. The van der Waals surface area contributed by atoms with Gasteiger partial charge < -0.3 is 14.9 Å². The molecule has 2 N–H and O–H groups in total. The van der Waals surface area contributed by atoms with Crippen molar-refractivity contribution in [2.45, 2.75) is 89.9 Å². The summed E-state index contributed by atoms with van der Waals surface area (Å²) in [5, 5.41) is 21.4. The van der Waals surface area contributed by atoms with Crippen molar-refractivity contribution in [2.75, 3.05) is 0 Å². The van der Waals surface area contributed by atoms with Crippen LogP contribution >= 0.6 is 0 Å². The fourth-order valence-corrected chi connectivity index (χ4v) is 6.12. The molecule has 0 amide bonds. The van der Waals surface area contributed by atoms with Crippen LogP contribution in [0.2, 0.25) is 0 Å². The van der Waals surface area contributed by atoms with Crippen molar-refractivity contribution >= 4 is 12.0 Å². The lowest BCUT2D eigenvalue weighted by atomic mass is 9.84. The summed E-state index contributed by atoms with van der Waals surface area (Å²) in [6.07, 6.45) is 14.3. The van der Waals surface area contributed by atoms with E-state index in [0.29, 0.717) is 23.3 Å². The SMILES string of the molecule is CC(C)(C)OC(=O)c1cccc(C=C2CC[C@H]3[C@@H](/C=C/[C@@H](O)C4CCCCC4)[C@H](O)C[C@@H]23)c1. The summed E-state index contributed by atoms with van der Waals surface area (Å²) in [4.78, 5) is 12.5. The number of rotatable bonds is 5. The van der Waals surface area contributed by atoms with E-state index < -0.39 is 5.60 Å². The molecule has 4 rings (SSSR count). The van der Waals surface area contributed by atoms with Crippen LogP contribution in [0.25, 0.3) is 6.08 Å². The van der Waals surface area contributed by atoms with Crippen LogP contribution in [-0.4, -0.2) is 34.0 Å². The third-order valence-electron chi connectivity index (χ3n) is 7.73. The largest absolute Gasteiger partial charge is 0.456 e. The molecule has 0 bridgehead atoms. The highest BCUT2D eigenvalue weighted by molar-refractivity contribution is 5.90. The fourth-order valence-electron chi connectivity index (χ4n) is 6.12. The van der Waals surface area contributed by atoms with Crippen LogP contribution in [0, 0.1) is 23.7 Å². The molecule has 4 heteroatoms. The van der Waals surface area contributed by atoms with Gasteiger partial charge in [-0.1, -0.05) is 55.2 Å². The molecule has 0 heterocycles. The number of benzene rings is 1. The molecule has 3 aliphatic rings. The molecule has 1 aromatic rings. The molecule has 3 aliphatic carbocycles. The normalized spacial score (nSPS) is 30.6. The van der Waals surface area contributed by atoms with Crippen LogP contribution in [0.1, 0.15) is 88.1 Å². The summed E-state index contributed by atoms with van der Waals surface area (Å²) in [6, 6.07) is 7.63. The molecule has 0 aliphatic heterocycles. The standard InChI is InChI=1S/C29H40O4/c1-29(2,3)33-28(32)22-11-7-8-19(17-22)16-21-12-13-23-24(27(31)18-25(21)23)14-15-26(30)20-9-5-4-6-10-20/h7-8,11,14-17,20,23-27,30-31H,4-6,9-10,12-13,18H2,1-3H3/b15-14+,21-16?/t23-,24+,25-,26+,27+/m0/s1. The Morgan fingerprint density at radius 2 is 1.91 bits per heavy atom. The molecule has 33 heavy (non-hydrogen) atoms. The zero-order valence-corrected chi connectivity index (χ0v) is 20.4. The van der Waals surface area contributed by atoms with Gasteiger partial charge >= 0.3 is 5.97 Å². The number of aliphatic hydroxyl groups excluding tert-OH is 2. The average molecular weight is 453 g/mol. The number of aliphatic hydroxyl groups is 2. The molecule has 5 atom stereocenters. The number of hydrogen-bond donors (Lipinski definition) is 2. The maximum atomic E-state index is 12.5. The van der Waals surface area contributed by atoms with E-state index in [-0.39, 0.29) is 24.1 Å². The first-order valence-corrected chi connectivity index (χ1v) is 12.8. The molecule has 0 aromatic heterocycles. The van der Waals surface area contributed by atoms with Gasteiger partial charge in [-0.2, -0.15) is 0 Å². The predicted molar refractivity (Wildman–Crippen MR) is 132 cm³/mol. The third kappa shape index (κ3) is 5.96. The maximum absolute atomic E-state index is 12.5. The van der Waals surface area contributed by atoms with Gasteiger partial charge in [-0.05, 0) is 88.3 Å². The van der Waals surface area contributed by atoms with Crippen LogP contribution in [0.3, 0.4) is 0 Å². The quantitative estimate of drug-likeness (QED) is 0.429. The van der Waals surface area contributed by atoms with Gasteiger partial charge in [-0.15, -0.1) is 0 Å². The number of ether oxygens (including phenoxy) is 1. The zero-order chi connectivity index (χ0) is 23.6. The van der Waals surface area contributed by atoms with Crippen molar-refractivity contribution < 1.29 is 19.7 Å². The van der Waals surface area contributed by atoms with E-state index in [1.54, 1.807) is 6.07 Å². The van der Waals surface area contributed by atoms with Crippen LogP contribution in [0.4, 0.5) is 0 Å². The number of hydrogen-bond acceptors (Lipinski definition) is 4. The molecule has 3 saturated carbocycles. The van der Waals surface area contributed by atoms with Gasteiger partial charge in [-0.3, -0.25) is 0 Å². The first kappa shape index (κ1) is 24.2. The monoisotopic (exact) mass is 452 g/mol. The molecular formula is C29H40O4. The predicted octanol–water partition coefficient (Wildman–Crippen LogP) is 5.93. The Labute approximate surface area is 198 Å². The van der Waals surface area contributed by atoms with Gasteiger partial charge in [0.1, 0.15) is 5.60 Å². The zero-order valence-electron chi connectivity index (χ0n) is 20.4. The van der Waals surface area contributed by atoms with Crippen LogP contribution in [0.15, 0.2) is 42.0 Å². The minimum atomic E-state index is -0.517. The van der Waals surface area contributed by atoms with E-state index in [2.05, 4.69) is 12.2 Å². The highest BCUT2D eigenvalue weighted by Crippen LogP contribution is 2.51. The summed E-state index contributed by atoms with van der Waals surface area (Å²) < 4.78 is 5.52. The fraction of sp³-hybridized carbons (Fsp3) is 0.621. The first-order valence-electron chi connectivity index (χ1n) is 12.8. The number of carbonyl (C=O) groups is 1. The highest BCUT2D eigenvalue weighted by atomic mass is 16.6. The number of esters is 1. The Morgan fingerprint density at radius 3 is 2.64 bits per heavy atom. The van der Waals surface area contributed by atoms with Gasteiger partial charge in [0, 0.05) is 5.92 Å². The lowest BCUT2D eigenvalue weighted by molar-refractivity contribution is 0.00694. The lowest BCUT2D eigenvalue weighted by Gasteiger charge is -2.25. The Morgan fingerprint density at radius 1 is 1.15 bits per heavy atom. The highest BCUT2D eigenvalue weighted by Gasteiger charge is 2.45. The second-order valence-electron chi connectivity index (χ2n) is 11.3. The van der Waals surface area contributed by atoms with Crippen LogP contribution < -0.4 is 0 Å². The topological polar surface area (TPSA) is 66.8 Å². The van der Waals surface area contributed by atoms with Gasteiger partial charge in [0.25, 0.3) is 0 Å². The van der Waals surface area contributed by atoms with E-state index in [1.165, 1.54) is 24.8 Å². The molecule has 1 aromatic carbocycles. The molecule has 0 saturated heterocycles. The first-order chi connectivity index (χ1) is 15.7. The van der Waals surface area contributed by atoms with E-state index >= 15 is 0 Å². The number of allylic oxidation sites excluding steroid dienone is 1.